The van der Waals surface area contributed by atoms with E-state index in [0.29, 0.717) is 11.7 Å². The molecule has 6 nitrogen and oxygen atoms in total. The van der Waals surface area contributed by atoms with E-state index in [2.05, 4.69) is 41.1 Å². The molecule has 1 atom stereocenters. The number of carbonyl (C=O) groups is 1. The molecule has 130 valence electrons. The lowest BCUT2D eigenvalue weighted by Gasteiger charge is -2.21. The molecule has 0 saturated carbocycles. The quantitative estimate of drug-likeness (QED) is 0.915. The molecule has 3 rings (SSSR count). The zero-order valence-corrected chi connectivity index (χ0v) is 15.4. The first-order valence-electron chi connectivity index (χ1n) is 8.26. The molecular weight excluding hydrogens is 324 g/mol. The maximum atomic E-state index is 12.4. The minimum absolute atomic E-state index is 0.00959. The average molecular weight is 348 g/mol. The van der Waals surface area contributed by atoms with Crippen LogP contribution in [0.5, 0.6) is 0 Å². The maximum absolute atomic E-state index is 12.4. The van der Waals surface area contributed by atoms with Crippen LogP contribution in [-0.4, -0.2) is 34.0 Å². The van der Waals surface area contributed by atoms with Crippen molar-refractivity contribution in [1.29, 1.82) is 0 Å². The second-order valence-corrected chi connectivity index (χ2v) is 8.19. The van der Waals surface area contributed by atoms with Gasteiger partial charge in [-0.25, -0.2) is 4.98 Å². The van der Waals surface area contributed by atoms with Gasteiger partial charge in [0.25, 0.3) is 0 Å². The molecule has 7 heteroatoms. The molecule has 1 N–H and O–H groups in total. The van der Waals surface area contributed by atoms with Crippen LogP contribution in [0.1, 0.15) is 56.8 Å². The Hall–Kier alpha value is -1.73. The van der Waals surface area contributed by atoms with Gasteiger partial charge in [0, 0.05) is 16.9 Å². The molecule has 0 aliphatic carbocycles. The fraction of sp³-hybridized carbons (Fsp3) is 0.588. The van der Waals surface area contributed by atoms with Crippen molar-refractivity contribution in [3.8, 4) is 0 Å². The summed E-state index contributed by atoms with van der Waals surface area (Å²) in [5.41, 5.74) is 1.91. The standard InChI is InChI=1S/C17H24N4O2S/c1-11-8-12(20-23-11)13-6-5-7-21(13)9-15(22)19-16-18-14(10-24-16)17(2,3)4/h8,10,13H,5-7,9H2,1-4H3,(H,18,19,22). The summed E-state index contributed by atoms with van der Waals surface area (Å²) in [6.45, 7) is 9.47. The van der Waals surface area contributed by atoms with Crippen LogP contribution in [0.25, 0.3) is 0 Å². The Morgan fingerprint density at radius 1 is 1.50 bits per heavy atom. The Balaban J connectivity index is 1.61. The lowest BCUT2D eigenvalue weighted by Crippen LogP contribution is -2.33. The maximum Gasteiger partial charge on any atom is 0.240 e. The van der Waals surface area contributed by atoms with E-state index in [1.807, 2.05) is 18.4 Å². The van der Waals surface area contributed by atoms with Crippen molar-refractivity contribution in [2.45, 2.75) is 52.0 Å². The van der Waals surface area contributed by atoms with Crippen LogP contribution in [0, 0.1) is 6.92 Å². The predicted octanol–water partition coefficient (Wildman–Crippen LogP) is 3.51. The van der Waals surface area contributed by atoms with E-state index in [-0.39, 0.29) is 17.4 Å². The third-order valence-corrected chi connectivity index (χ3v) is 4.97. The summed E-state index contributed by atoms with van der Waals surface area (Å²) in [5.74, 6) is 0.774. The van der Waals surface area contributed by atoms with Gasteiger partial charge in [0.15, 0.2) is 5.13 Å². The van der Waals surface area contributed by atoms with Crippen molar-refractivity contribution in [3.63, 3.8) is 0 Å². The van der Waals surface area contributed by atoms with E-state index in [9.17, 15) is 4.79 Å². The van der Waals surface area contributed by atoms with E-state index in [4.69, 9.17) is 4.52 Å². The number of likely N-dealkylation sites (tertiary alicyclic amines) is 1. The Morgan fingerprint density at radius 2 is 2.29 bits per heavy atom. The molecule has 1 fully saturated rings. The lowest BCUT2D eigenvalue weighted by atomic mass is 9.93. The molecule has 0 spiro atoms. The van der Waals surface area contributed by atoms with Crippen molar-refractivity contribution in [2.24, 2.45) is 0 Å². The number of amides is 1. The molecule has 1 aliphatic heterocycles. The van der Waals surface area contributed by atoms with Crippen molar-refractivity contribution in [2.75, 3.05) is 18.4 Å². The van der Waals surface area contributed by atoms with Gasteiger partial charge >= 0.3 is 0 Å². The normalized spacial score (nSPS) is 18.9. The van der Waals surface area contributed by atoms with Gasteiger partial charge in [0.1, 0.15) is 11.5 Å². The largest absolute Gasteiger partial charge is 0.361 e. The second kappa shape index (κ2) is 6.64. The molecule has 0 aromatic carbocycles. The van der Waals surface area contributed by atoms with Gasteiger partial charge in [-0.3, -0.25) is 9.69 Å². The average Bonchev–Trinajstić information content (AvgIpc) is 3.18. The molecular formula is C17H24N4O2S. The summed E-state index contributed by atoms with van der Waals surface area (Å²) in [6, 6.07) is 2.12. The highest BCUT2D eigenvalue weighted by molar-refractivity contribution is 7.13. The van der Waals surface area contributed by atoms with E-state index < -0.39 is 0 Å². The molecule has 3 heterocycles. The van der Waals surface area contributed by atoms with Gasteiger partial charge in [-0.05, 0) is 26.3 Å². The first-order valence-corrected chi connectivity index (χ1v) is 9.14. The highest BCUT2D eigenvalue weighted by atomic mass is 32.1. The lowest BCUT2D eigenvalue weighted by molar-refractivity contribution is -0.117. The number of hydrogen-bond donors (Lipinski definition) is 1. The monoisotopic (exact) mass is 348 g/mol. The van der Waals surface area contributed by atoms with Crippen LogP contribution in [0.2, 0.25) is 0 Å². The third kappa shape index (κ3) is 3.84. The number of anilines is 1. The Morgan fingerprint density at radius 3 is 2.92 bits per heavy atom. The van der Waals surface area contributed by atoms with Crippen molar-refractivity contribution in [3.05, 3.63) is 28.6 Å². The number of nitrogens with one attached hydrogen (secondary N) is 1. The summed E-state index contributed by atoms with van der Waals surface area (Å²) in [5, 5.41) is 9.70. The van der Waals surface area contributed by atoms with Crippen LogP contribution in [0.4, 0.5) is 5.13 Å². The fourth-order valence-corrected chi connectivity index (χ4v) is 3.87. The van der Waals surface area contributed by atoms with Crippen LogP contribution in [0.3, 0.4) is 0 Å². The molecule has 0 bridgehead atoms. The van der Waals surface area contributed by atoms with Crippen LogP contribution < -0.4 is 5.32 Å². The predicted molar refractivity (Wildman–Crippen MR) is 94.2 cm³/mol. The summed E-state index contributed by atoms with van der Waals surface area (Å²) < 4.78 is 5.17. The number of aromatic nitrogens is 2. The Kier molecular flexibility index (Phi) is 4.73. The number of carbonyl (C=O) groups excluding carboxylic acids is 1. The minimum atomic E-state index is -0.0306. The van der Waals surface area contributed by atoms with Gasteiger partial charge in [-0.2, -0.15) is 0 Å². The zero-order chi connectivity index (χ0) is 17.3. The fourth-order valence-electron chi connectivity index (χ4n) is 2.91. The summed E-state index contributed by atoms with van der Waals surface area (Å²) >= 11 is 1.47. The van der Waals surface area contributed by atoms with E-state index in [0.717, 1.165) is 36.5 Å². The highest BCUT2D eigenvalue weighted by Crippen LogP contribution is 2.31. The zero-order valence-electron chi connectivity index (χ0n) is 14.6. The molecule has 2 aromatic rings. The minimum Gasteiger partial charge on any atom is -0.361 e. The van der Waals surface area contributed by atoms with E-state index in [1.54, 1.807) is 0 Å². The van der Waals surface area contributed by atoms with Crippen molar-refractivity contribution >= 4 is 22.4 Å². The SMILES string of the molecule is Cc1cc(C2CCCN2CC(=O)Nc2nc(C(C)(C)C)cs2)no1. The summed E-state index contributed by atoms with van der Waals surface area (Å²) in [7, 11) is 0. The molecule has 1 saturated heterocycles. The summed E-state index contributed by atoms with van der Waals surface area (Å²) in [4.78, 5) is 19.1. The Bertz CT molecular complexity index is 716. The number of rotatable bonds is 4. The van der Waals surface area contributed by atoms with Crippen LogP contribution >= 0.6 is 11.3 Å². The summed E-state index contributed by atoms with van der Waals surface area (Å²) in [6.07, 6.45) is 2.07. The van der Waals surface area contributed by atoms with Crippen LogP contribution in [0.15, 0.2) is 16.0 Å². The topological polar surface area (TPSA) is 71.3 Å². The molecule has 1 aliphatic rings. The molecule has 1 unspecified atom stereocenters. The second-order valence-electron chi connectivity index (χ2n) is 7.33. The van der Waals surface area contributed by atoms with E-state index >= 15 is 0 Å². The van der Waals surface area contributed by atoms with Gasteiger partial charge < -0.3 is 9.84 Å². The first kappa shape index (κ1) is 17.1. The number of aryl methyl sites for hydroxylation is 1. The van der Waals surface area contributed by atoms with E-state index in [1.165, 1.54) is 11.3 Å². The molecule has 24 heavy (non-hydrogen) atoms. The highest BCUT2D eigenvalue weighted by Gasteiger charge is 2.30. The van der Waals surface area contributed by atoms with Crippen molar-refractivity contribution in [1.82, 2.24) is 15.0 Å². The van der Waals surface area contributed by atoms with Gasteiger partial charge in [-0.15, -0.1) is 11.3 Å². The van der Waals surface area contributed by atoms with Crippen LogP contribution in [-0.2, 0) is 10.2 Å². The first-order chi connectivity index (χ1) is 11.3. The third-order valence-electron chi connectivity index (χ3n) is 4.22. The molecule has 1 amide bonds. The van der Waals surface area contributed by atoms with Gasteiger partial charge in [0.05, 0.1) is 18.3 Å². The van der Waals surface area contributed by atoms with Crippen molar-refractivity contribution < 1.29 is 9.32 Å². The molecule has 0 radical (unpaired) electrons. The number of hydrogen-bond acceptors (Lipinski definition) is 6. The molecule has 2 aromatic heterocycles. The number of nitrogens with zero attached hydrogens (tertiary/aromatic N) is 3. The number of thiazole rings is 1. The smallest absolute Gasteiger partial charge is 0.240 e. The van der Waals surface area contributed by atoms with Gasteiger partial charge in [-0.1, -0.05) is 25.9 Å². The van der Waals surface area contributed by atoms with Gasteiger partial charge in [0.2, 0.25) is 5.91 Å². The Labute approximate surface area is 146 Å².